The number of piperidine rings is 1. The molecule has 1 fully saturated rings. The van der Waals surface area contributed by atoms with Crippen LogP contribution in [0.3, 0.4) is 0 Å². The first-order chi connectivity index (χ1) is 14.2. The van der Waals surface area contributed by atoms with Gasteiger partial charge in [-0.1, -0.05) is 59.5 Å². The van der Waals surface area contributed by atoms with Crippen molar-refractivity contribution in [2.45, 2.75) is 35.4 Å². The van der Waals surface area contributed by atoms with Gasteiger partial charge in [0.1, 0.15) is 6.04 Å². The van der Waals surface area contributed by atoms with Crippen molar-refractivity contribution in [1.29, 1.82) is 0 Å². The fourth-order valence-corrected chi connectivity index (χ4v) is 5.76. The molecule has 1 aromatic carbocycles. The van der Waals surface area contributed by atoms with Crippen LogP contribution in [0.1, 0.15) is 35.7 Å². The summed E-state index contributed by atoms with van der Waals surface area (Å²) in [6.45, 7) is 0.587. The van der Waals surface area contributed by atoms with Crippen LogP contribution in [0.4, 0.5) is 5.13 Å². The first kappa shape index (κ1) is 20.1. The van der Waals surface area contributed by atoms with Crippen molar-refractivity contribution in [3.63, 3.8) is 0 Å². The Hall–Kier alpha value is -2.23. The van der Waals surface area contributed by atoms with Crippen molar-refractivity contribution in [2.24, 2.45) is 0 Å². The van der Waals surface area contributed by atoms with Crippen molar-refractivity contribution in [1.82, 2.24) is 15.1 Å². The minimum atomic E-state index is -0.657. The third-order valence-corrected chi connectivity index (χ3v) is 7.67. The molecule has 1 atom stereocenters. The summed E-state index contributed by atoms with van der Waals surface area (Å²) in [5, 5.41) is 13.7. The van der Waals surface area contributed by atoms with Gasteiger partial charge < -0.3 is 4.90 Å². The number of carbonyl (C=O) groups is 2. The molecule has 0 radical (unpaired) electrons. The normalized spacial score (nSPS) is 15.3. The number of anilines is 1. The molecule has 6 nitrogen and oxygen atoms in total. The van der Waals surface area contributed by atoms with E-state index in [9.17, 15) is 9.59 Å². The summed E-state index contributed by atoms with van der Waals surface area (Å²) in [6.07, 6.45) is 2.27. The smallest absolute Gasteiger partial charge is 0.253 e. The zero-order chi connectivity index (χ0) is 20.1. The SMILES string of the molecule is O=C(Nc1nnc(SCc2cccs2)s1)C(c1ccccc1)N1CCCCC1=O. The number of likely N-dealkylation sites (tertiary alicyclic amines) is 1. The third-order valence-electron chi connectivity index (χ3n) is 4.59. The number of thiophene rings is 1. The van der Waals surface area contributed by atoms with E-state index in [1.54, 1.807) is 28.0 Å². The highest BCUT2D eigenvalue weighted by Crippen LogP contribution is 2.31. The average Bonchev–Trinajstić information content (AvgIpc) is 3.41. The van der Waals surface area contributed by atoms with Gasteiger partial charge in [0.15, 0.2) is 4.34 Å². The molecule has 150 valence electrons. The first-order valence-corrected chi connectivity index (χ1v) is 12.0. The number of aromatic nitrogens is 2. The van der Waals surface area contributed by atoms with Crippen molar-refractivity contribution in [2.75, 3.05) is 11.9 Å². The maximum absolute atomic E-state index is 13.1. The number of thioether (sulfide) groups is 1. The summed E-state index contributed by atoms with van der Waals surface area (Å²) in [5.41, 5.74) is 0.803. The second kappa shape index (κ2) is 9.51. The van der Waals surface area contributed by atoms with Crippen molar-refractivity contribution in [3.05, 3.63) is 58.3 Å². The Morgan fingerprint density at radius 1 is 1.17 bits per heavy atom. The highest BCUT2D eigenvalue weighted by Gasteiger charge is 2.33. The van der Waals surface area contributed by atoms with Gasteiger partial charge in [-0.3, -0.25) is 14.9 Å². The van der Waals surface area contributed by atoms with Crippen molar-refractivity contribution in [3.8, 4) is 0 Å². The van der Waals surface area contributed by atoms with Crippen molar-refractivity contribution >= 4 is 51.4 Å². The number of hydrogen-bond donors (Lipinski definition) is 1. The van der Waals surface area contributed by atoms with Crippen LogP contribution in [0.2, 0.25) is 0 Å². The Kier molecular flexibility index (Phi) is 6.58. The quantitative estimate of drug-likeness (QED) is 0.426. The minimum absolute atomic E-state index is 0.0182. The molecule has 1 aliphatic rings. The Morgan fingerprint density at radius 3 is 2.79 bits per heavy atom. The fourth-order valence-electron chi connectivity index (χ4n) is 3.23. The molecule has 9 heteroatoms. The number of amides is 2. The number of hydrogen-bond acceptors (Lipinski definition) is 7. The molecule has 2 aromatic heterocycles. The van der Waals surface area contributed by atoms with Crippen LogP contribution in [0.5, 0.6) is 0 Å². The lowest BCUT2D eigenvalue weighted by atomic mass is 10.0. The highest BCUT2D eigenvalue weighted by atomic mass is 32.2. The highest BCUT2D eigenvalue weighted by molar-refractivity contribution is 8.00. The predicted molar refractivity (Wildman–Crippen MR) is 117 cm³/mol. The van der Waals surface area contributed by atoms with E-state index in [0.717, 1.165) is 28.5 Å². The number of carbonyl (C=O) groups excluding carboxylic acids is 2. The van der Waals surface area contributed by atoms with Crippen molar-refractivity contribution < 1.29 is 9.59 Å². The molecule has 1 aliphatic heterocycles. The molecule has 0 saturated carbocycles. The maximum Gasteiger partial charge on any atom is 0.253 e. The molecule has 0 aliphatic carbocycles. The molecule has 3 aromatic rings. The second-order valence-electron chi connectivity index (χ2n) is 6.59. The van der Waals surface area contributed by atoms with Crippen LogP contribution in [-0.2, 0) is 15.3 Å². The standard InChI is InChI=1S/C20H20N4O2S3/c25-16-10-4-5-11-24(16)17(14-7-2-1-3-8-14)18(26)21-19-22-23-20(29-19)28-13-15-9-6-12-27-15/h1-3,6-9,12,17H,4-5,10-11,13H2,(H,21,22,26). The van der Waals surface area contributed by atoms with E-state index in [1.807, 2.05) is 41.8 Å². The van der Waals surface area contributed by atoms with Gasteiger partial charge in [-0.15, -0.1) is 21.5 Å². The van der Waals surface area contributed by atoms with E-state index in [1.165, 1.54) is 16.2 Å². The fraction of sp³-hybridized carbons (Fsp3) is 0.300. The molecule has 0 spiro atoms. The zero-order valence-electron chi connectivity index (χ0n) is 15.6. The van der Waals surface area contributed by atoms with E-state index < -0.39 is 6.04 Å². The molecule has 0 bridgehead atoms. The van der Waals surface area contributed by atoms with E-state index in [0.29, 0.717) is 18.1 Å². The van der Waals surface area contributed by atoms with E-state index in [2.05, 4.69) is 21.6 Å². The Labute approximate surface area is 181 Å². The first-order valence-electron chi connectivity index (χ1n) is 9.34. The van der Waals surface area contributed by atoms with E-state index in [-0.39, 0.29) is 11.8 Å². The van der Waals surface area contributed by atoms with Crippen LogP contribution >= 0.6 is 34.4 Å². The van der Waals surface area contributed by atoms with Gasteiger partial charge in [0, 0.05) is 23.6 Å². The second-order valence-corrected chi connectivity index (χ2v) is 9.82. The van der Waals surface area contributed by atoms with Crippen LogP contribution in [0, 0.1) is 0 Å². The molecular formula is C20H20N4O2S3. The predicted octanol–water partition coefficient (Wildman–Crippen LogP) is 4.58. The molecule has 2 amide bonds. The Balaban J connectivity index is 1.47. The maximum atomic E-state index is 13.1. The molecule has 1 unspecified atom stereocenters. The number of nitrogens with zero attached hydrogens (tertiary/aromatic N) is 3. The Bertz CT molecular complexity index is 959. The summed E-state index contributed by atoms with van der Waals surface area (Å²) >= 11 is 4.66. The number of rotatable bonds is 7. The van der Waals surface area contributed by atoms with Crippen LogP contribution in [0.25, 0.3) is 0 Å². The molecule has 4 rings (SSSR count). The van der Waals surface area contributed by atoms with Gasteiger partial charge in [0.2, 0.25) is 11.0 Å². The largest absolute Gasteiger partial charge is 0.327 e. The monoisotopic (exact) mass is 444 g/mol. The van der Waals surface area contributed by atoms with E-state index in [4.69, 9.17) is 0 Å². The Morgan fingerprint density at radius 2 is 2.03 bits per heavy atom. The lowest BCUT2D eigenvalue weighted by Crippen LogP contribution is -2.43. The summed E-state index contributed by atoms with van der Waals surface area (Å²) in [7, 11) is 0. The number of nitrogens with one attached hydrogen (secondary N) is 1. The summed E-state index contributed by atoms with van der Waals surface area (Å²) < 4.78 is 0.805. The van der Waals surface area contributed by atoms with Gasteiger partial charge in [0.25, 0.3) is 5.91 Å². The van der Waals surface area contributed by atoms with Gasteiger partial charge in [-0.05, 0) is 29.9 Å². The van der Waals surface area contributed by atoms with Gasteiger partial charge in [0.05, 0.1) is 0 Å². The molecule has 3 heterocycles. The number of benzene rings is 1. The lowest BCUT2D eigenvalue weighted by Gasteiger charge is -2.33. The zero-order valence-corrected chi connectivity index (χ0v) is 18.1. The average molecular weight is 445 g/mol. The molecule has 1 saturated heterocycles. The van der Waals surface area contributed by atoms with Gasteiger partial charge in [-0.2, -0.15) is 0 Å². The molecular weight excluding hydrogens is 424 g/mol. The third kappa shape index (κ3) is 5.04. The minimum Gasteiger partial charge on any atom is -0.327 e. The van der Waals surface area contributed by atoms with Crippen LogP contribution < -0.4 is 5.32 Å². The lowest BCUT2D eigenvalue weighted by molar-refractivity contribution is -0.141. The van der Waals surface area contributed by atoms with Crippen LogP contribution in [-0.4, -0.2) is 33.5 Å². The topological polar surface area (TPSA) is 75.2 Å². The molecule has 29 heavy (non-hydrogen) atoms. The summed E-state index contributed by atoms with van der Waals surface area (Å²) in [5.74, 6) is 0.594. The summed E-state index contributed by atoms with van der Waals surface area (Å²) in [6, 6.07) is 12.9. The van der Waals surface area contributed by atoms with Gasteiger partial charge >= 0.3 is 0 Å². The van der Waals surface area contributed by atoms with Crippen LogP contribution in [0.15, 0.2) is 52.2 Å². The van der Waals surface area contributed by atoms with E-state index >= 15 is 0 Å². The summed E-state index contributed by atoms with van der Waals surface area (Å²) in [4.78, 5) is 28.6. The van der Waals surface area contributed by atoms with Gasteiger partial charge in [-0.25, -0.2) is 0 Å². The molecule has 1 N–H and O–H groups in total.